The maximum atomic E-state index is 13.3. The van der Waals surface area contributed by atoms with Crippen molar-refractivity contribution in [2.45, 2.75) is 11.1 Å². The molecule has 6 nitrogen and oxygen atoms in total. The average molecular weight is 449 g/mol. The van der Waals surface area contributed by atoms with Crippen LogP contribution in [0.4, 0.5) is 13.2 Å². The third kappa shape index (κ3) is 4.72. The summed E-state index contributed by atoms with van der Waals surface area (Å²) in [5, 5.41) is 9.66. The Kier molecular flexibility index (Phi) is 6.65. The number of nitriles is 1. The molecule has 0 saturated carbocycles. The molecule has 0 fully saturated rings. The zero-order valence-electron chi connectivity index (χ0n) is 16.9. The van der Waals surface area contributed by atoms with Crippen molar-refractivity contribution < 1.29 is 27.4 Å². The standard InChI is InChI=1S/C21H18F3N3O3S/c1-28-16-8-13(9-17(29-2)20(16)30-3)19-14(10-25)11-27(12-26-19)31-18-7-5-4-6-15(18)21(22,23)24/h4-9,12H,11H2,1-3H3. The lowest BCUT2D eigenvalue weighted by Gasteiger charge is -2.24. The first-order valence-corrected chi connectivity index (χ1v) is 9.68. The molecule has 0 N–H and O–H groups in total. The fourth-order valence-electron chi connectivity index (χ4n) is 2.99. The van der Waals surface area contributed by atoms with Crippen molar-refractivity contribution in [1.29, 1.82) is 5.26 Å². The lowest BCUT2D eigenvalue weighted by atomic mass is 10.1. The highest BCUT2D eigenvalue weighted by molar-refractivity contribution is 7.97. The molecule has 0 amide bonds. The molecule has 0 unspecified atom stereocenters. The second-order valence-corrected chi connectivity index (χ2v) is 7.35. The molecular formula is C21H18F3N3O3S. The van der Waals surface area contributed by atoms with Crippen LogP contribution in [0.15, 0.2) is 51.9 Å². The Morgan fingerprint density at radius 1 is 1.06 bits per heavy atom. The molecule has 0 atom stereocenters. The first-order valence-electron chi connectivity index (χ1n) is 8.91. The largest absolute Gasteiger partial charge is 0.493 e. The van der Waals surface area contributed by atoms with Crippen molar-refractivity contribution in [3.8, 4) is 23.3 Å². The summed E-state index contributed by atoms with van der Waals surface area (Å²) in [6.07, 6.45) is -3.08. The van der Waals surface area contributed by atoms with E-state index in [4.69, 9.17) is 14.2 Å². The lowest BCUT2D eigenvalue weighted by Crippen LogP contribution is -2.21. The Morgan fingerprint density at radius 3 is 2.26 bits per heavy atom. The van der Waals surface area contributed by atoms with E-state index in [0.717, 1.165) is 18.0 Å². The van der Waals surface area contributed by atoms with Crippen molar-refractivity contribution in [1.82, 2.24) is 4.31 Å². The number of aliphatic imine (C=N–C) groups is 1. The minimum absolute atomic E-state index is 0.0231. The average Bonchev–Trinajstić information content (AvgIpc) is 2.77. The van der Waals surface area contributed by atoms with Gasteiger partial charge in [0.1, 0.15) is 6.34 Å². The summed E-state index contributed by atoms with van der Waals surface area (Å²) in [5.74, 6) is 1.19. The molecule has 0 bridgehead atoms. The summed E-state index contributed by atoms with van der Waals surface area (Å²) >= 11 is 0.865. The molecule has 0 spiro atoms. The molecule has 10 heteroatoms. The zero-order valence-corrected chi connectivity index (χ0v) is 17.7. The Balaban J connectivity index is 1.93. The van der Waals surface area contributed by atoms with Gasteiger partial charge in [0.25, 0.3) is 0 Å². The quantitative estimate of drug-likeness (QED) is 0.577. The first-order chi connectivity index (χ1) is 14.8. The third-order valence-corrected chi connectivity index (χ3v) is 5.41. The van der Waals surface area contributed by atoms with Crippen LogP contribution in [0.25, 0.3) is 5.70 Å². The number of halogens is 3. The van der Waals surface area contributed by atoms with E-state index in [2.05, 4.69) is 11.1 Å². The van der Waals surface area contributed by atoms with Gasteiger partial charge in [-0.3, -0.25) is 4.31 Å². The second kappa shape index (κ2) is 9.22. The van der Waals surface area contributed by atoms with Gasteiger partial charge in [0.05, 0.1) is 50.8 Å². The summed E-state index contributed by atoms with van der Waals surface area (Å²) in [5.41, 5.74) is 0.477. The number of alkyl halides is 3. The number of rotatable bonds is 6. The van der Waals surface area contributed by atoms with Crippen LogP contribution in [0, 0.1) is 11.3 Å². The molecule has 1 aliphatic heterocycles. The van der Waals surface area contributed by atoms with E-state index in [1.165, 1.54) is 50.2 Å². The van der Waals surface area contributed by atoms with Gasteiger partial charge in [-0.25, -0.2) is 4.99 Å². The lowest BCUT2D eigenvalue weighted by molar-refractivity contribution is -0.139. The Morgan fingerprint density at radius 2 is 1.71 bits per heavy atom. The van der Waals surface area contributed by atoms with Crippen LogP contribution in [0.5, 0.6) is 17.2 Å². The van der Waals surface area contributed by atoms with Crippen molar-refractivity contribution >= 4 is 24.0 Å². The molecule has 2 aromatic carbocycles. The number of hydrogen-bond acceptors (Lipinski definition) is 7. The monoisotopic (exact) mass is 449 g/mol. The Bertz CT molecular complexity index is 1050. The number of hydrogen-bond donors (Lipinski definition) is 0. The van der Waals surface area contributed by atoms with Gasteiger partial charge in [-0.15, -0.1) is 0 Å². The molecule has 3 rings (SSSR count). The van der Waals surface area contributed by atoms with Gasteiger partial charge in [0, 0.05) is 10.5 Å². The second-order valence-electron chi connectivity index (χ2n) is 6.26. The summed E-state index contributed by atoms with van der Waals surface area (Å²) in [6.45, 7) is 0.0723. The SMILES string of the molecule is COc1cc(C2=C(C#N)CN(Sc3ccccc3C(F)(F)F)C=N2)cc(OC)c1OC. The van der Waals surface area contributed by atoms with Crippen LogP contribution >= 0.6 is 11.9 Å². The van der Waals surface area contributed by atoms with E-state index in [9.17, 15) is 18.4 Å². The number of methoxy groups -OCH3 is 3. The van der Waals surface area contributed by atoms with E-state index < -0.39 is 11.7 Å². The maximum Gasteiger partial charge on any atom is 0.417 e. The molecule has 162 valence electrons. The van der Waals surface area contributed by atoms with Crippen LogP contribution in [0.2, 0.25) is 0 Å². The van der Waals surface area contributed by atoms with E-state index in [0.29, 0.717) is 28.5 Å². The van der Waals surface area contributed by atoms with Gasteiger partial charge >= 0.3 is 6.18 Å². The highest BCUT2D eigenvalue weighted by atomic mass is 32.2. The topological polar surface area (TPSA) is 67.1 Å². The van der Waals surface area contributed by atoms with Crippen LogP contribution < -0.4 is 14.2 Å². The fourth-order valence-corrected chi connectivity index (χ4v) is 3.95. The van der Waals surface area contributed by atoms with Gasteiger partial charge in [0.15, 0.2) is 11.5 Å². The van der Waals surface area contributed by atoms with E-state index in [1.807, 2.05) is 0 Å². The minimum Gasteiger partial charge on any atom is -0.493 e. The van der Waals surface area contributed by atoms with Crippen molar-refractivity contribution in [3.05, 3.63) is 53.1 Å². The normalized spacial score (nSPS) is 13.8. The maximum absolute atomic E-state index is 13.3. The summed E-state index contributed by atoms with van der Waals surface area (Å²) in [6, 6.07) is 10.7. The van der Waals surface area contributed by atoms with Crippen LogP contribution in [-0.4, -0.2) is 38.5 Å². The zero-order chi connectivity index (χ0) is 22.6. The van der Waals surface area contributed by atoms with Gasteiger partial charge in [0.2, 0.25) is 5.75 Å². The Labute approximate surface area is 181 Å². The number of ether oxygens (including phenoxy) is 3. The molecule has 31 heavy (non-hydrogen) atoms. The predicted molar refractivity (Wildman–Crippen MR) is 111 cm³/mol. The molecule has 0 aromatic heterocycles. The predicted octanol–water partition coefficient (Wildman–Crippen LogP) is 5.02. The van der Waals surface area contributed by atoms with Crippen LogP contribution in [-0.2, 0) is 6.18 Å². The molecule has 0 aliphatic carbocycles. The van der Waals surface area contributed by atoms with Crippen LogP contribution in [0.1, 0.15) is 11.1 Å². The molecule has 2 aromatic rings. The highest BCUT2D eigenvalue weighted by Crippen LogP contribution is 2.42. The number of nitrogens with zero attached hydrogens (tertiary/aromatic N) is 3. The van der Waals surface area contributed by atoms with Crippen molar-refractivity contribution in [2.75, 3.05) is 27.9 Å². The minimum atomic E-state index is -4.48. The number of benzene rings is 2. The van der Waals surface area contributed by atoms with E-state index >= 15 is 0 Å². The summed E-state index contributed by atoms with van der Waals surface area (Å²) < 4.78 is 57.3. The van der Waals surface area contributed by atoms with Gasteiger partial charge < -0.3 is 14.2 Å². The molecular weight excluding hydrogens is 431 g/mol. The molecule has 0 radical (unpaired) electrons. The molecule has 0 saturated heterocycles. The van der Waals surface area contributed by atoms with Gasteiger partial charge in [-0.2, -0.15) is 18.4 Å². The summed E-state index contributed by atoms with van der Waals surface area (Å²) in [4.78, 5) is 4.35. The smallest absolute Gasteiger partial charge is 0.417 e. The fraction of sp³-hybridized carbons (Fsp3) is 0.238. The van der Waals surface area contributed by atoms with Crippen molar-refractivity contribution in [2.24, 2.45) is 4.99 Å². The highest BCUT2D eigenvalue weighted by Gasteiger charge is 2.34. The molecule has 1 heterocycles. The Hall–Kier alpha value is -3.32. The van der Waals surface area contributed by atoms with E-state index in [1.54, 1.807) is 12.1 Å². The van der Waals surface area contributed by atoms with E-state index in [-0.39, 0.29) is 17.0 Å². The first kappa shape index (κ1) is 22.4. The molecule has 1 aliphatic rings. The van der Waals surface area contributed by atoms with Crippen LogP contribution in [0.3, 0.4) is 0 Å². The van der Waals surface area contributed by atoms with Crippen molar-refractivity contribution in [3.63, 3.8) is 0 Å². The third-order valence-electron chi connectivity index (χ3n) is 4.40. The van der Waals surface area contributed by atoms with Gasteiger partial charge in [-0.1, -0.05) is 12.1 Å². The summed E-state index contributed by atoms with van der Waals surface area (Å²) in [7, 11) is 4.43. The van der Waals surface area contributed by atoms with Gasteiger partial charge in [-0.05, 0) is 36.2 Å².